The van der Waals surface area contributed by atoms with Crippen LogP contribution in [0.2, 0.25) is 0 Å². The van der Waals surface area contributed by atoms with E-state index < -0.39 is 10.0 Å². The van der Waals surface area contributed by atoms with Crippen molar-refractivity contribution in [1.82, 2.24) is 9.62 Å². The minimum Gasteiger partial charge on any atom is -0.379 e. The van der Waals surface area contributed by atoms with Crippen LogP contribution in [0.5, 0.6) is 0 Å². The first-order valence-electron chi connectivity index (χ1n) is 10.4. The van der Waals surface area contributed by atoms with Crippen molar-refractivity contribution in [2.75, 3.05) is 44.3 Å². The van der Waals surface area contributed by atoms with E-state index in [1.807, 2.05) is 0 Å². The number of hydrogen-bond donors (Lipinski definition) is 1. The van der Waals surface area contributed by atoms with Gasteiger partial charge in [0.1, 0.15) is 5.82 Å². The molecule has 0 radical (unpaired) electrons. The maximum Gasteiger partial charge on any atom is 0.253 e. The van der Waals surface area contributed by atoms with E-state index in [2.05, 4.69) is 10.2 Å². The van der Waals surface area contributed by atoms with Gasteiger partial charge in [0.05, 0.1) is 23.7 Å². The molecule has 9 heteroatoms. The zero-order chi connectivity index (χ0) is 21.8. The third-order valence-electron chi connectivity index (χ3n) is 5.63. The first-order chi connectivity index (χ1) is 14.9. The summed E-state index contributed by atoms with van der Waals surface area (Å²) >= 11 is 0. The molecule has 31 heavy (non-hydrogen) atoms. The Kier molecular flexibility index (Phi) is 6.54. The molecule has 2 aromatic carbocycles. The predicted molar refractivity (Wildman–Crippen MR) is 115 cm³/mol. The SMILES string of the molecule is O=C(NCc1ccc(F)cc1)c1cc(S(=O)(=O)N2CCOCC2)ccc1N1CCCC1. The van der Waals surface area contributed by atoms with E-state index in [-0.39, 0.29) is 23.2 Å². The molecule has 2 fully saturated rings. The second-order valence-electron chi connectivity index (χ2n) is 7.70. The molecular weight excluding hydrogens is 421 g/mol. The van der Waals surface area contributed by atoms with E-state index in [9.17, 15) is 17.6 Å². The van der Waals surface area contributed by atoms with Gasteiger partial charge in [0.25, 0.3) is 5.91 Å². The van der Waals surface area contributed by atoms with Crippen LogP contribution in [0.3, 0.4) is 0 Å². The van der Waals surface area contributed by atoms with Crippen LogP contribution < -0.4 is 10.2 Å². The Balaban J connectivity index is 1.61. The number of anilines is 1. The zero-order valence-electron chi connectivity index (χ0n) is 17.2. The van der Waals surface area contributed by atoms with Crippen LogP contribution in [0.15, 0.2) is 47.4 Å². The van der Waals surface area contributed by atoms with Crippen molar-refractivity contribution in [3.63, 3.8) is 0 Å². The van der Waals surface area contributed by atoms with Gasteiger partial charge in [-0.1, -0.05) is 12.1 Å². The fourth-order valence-corrected chi connectivity index (χ4v) is 5.34. The van der Waals surface area contributed by atoms with Crippen LogP contribution in [0, 0.1) is 5.82 Å². The van der Waals surface area contributed by atoms with Gasteiger partial charge in [-0.15, -0.1) is 0 Å². The van der Waals surface area contributed by atoms with E-state index in [1.165, 1.54) is 22.5 Å². The average Bonchev–Trinajstić information content (AvgIpc) is 3.33. The Morgan fingerprint density at radius 1 is 1.00 bits per heavy atom. The molecule has 0 atom stereocenters. The van der Waals surface area contributed by atoms with Gasteiger partial charge in [-0.3, -0.25) is 4.79 Å². The number of hydrogen-bond acceptors (Lipinski definition) is 5. The van der Waals surface area contributed by atoms with Gasteiger partial charge >= 0.3 is 0 Å². The molecule has 0 aliphatic carbocycles. The number of morpholine rings is 1. The lowest BCUT2D eigenvalue weighted by atomic mass is 10.1. The summed E-state index contributed by atoms with van der Waals surface area (Å²) < 4.78 is 46.0. The topological polar surface area (TPSA) is 79.0 Å². The molecule has 2 saturated heterocycles. The molecule has 4 rings (SSSR count). The molecule has 0 bridgehead atoms. The van der Waals surface area contributed by atoms with Crippen LogP contribution in [-0.2, 0) is 21.3 Å². The fraction of sp³-hybridized carbons (Fsp3) is 0.409. The molecular formula is C22H26FN3O4S. The number of carbonyl (C=O) groups excluding carboxylic acids is 1. The number of benzene rings is 2. The first-order valence-corrected chi connectivity index (χ1v) is 11.9. The van der Waals surface area contributed by atoms with Gasteiger partial charge in [0.2, 0.25) is 10.0 Å². The highest BCUT2D eigenvalue weighted by Gasteiger charge is 2.29. The smallest absolute Gasteiger partial charge is 0.253 e. The Morgan fingerprint density at radius 2 is 1.68 bits per heavy atom. The number of carbonyl (C=O) groups is 1. The van der Waals surface area contributed by atoms with E-state index in [0.29, 0.717) is 31.9 Å². The second-order valence-corrected chi connectivity index (χ2v) is 9.64. The van der Waals surface area contributed by atoms with Crippen molar-refractivity contribution in [3.8, 4) is 0 Å². The van der Waals surface area contributed by atoms with Gasteiger partial charge in [-0.25, -0.2) is 12.8 Å². The van der Waals surface area contributed by atoms with Crippen LogP contribution >= 0.6 is 0 Å². The van der Waals surface area contributed by atoms with Gasteiger partial charge in [0.15, 0.2) is 0 Å². The van der Waals surface area contributed by atoms with Crippen molar-refractivity contribution in [3.05, 3.63) is 59.4 Å². The molecule has 0 unspecified atom stereocenters. The minimum atomic E-state index is -3.72. The first kappa shape index (κ1) is 21.7. The van der Waals surface area contributed by atoms with Gasteiger partial charge in [-0.2, -0.15) is 4.31 Å². The largest absolute Gasteiger partial charge is 0.379 e. The summed E-state index contributed by atoms with van der Waals surface area (Å²) in [6.45, 7) is 3.18. The lowest BCUT2D eigenvalue weighted by Crippen LogP contribution is -2.40. The number of amides is 1. The van der Waals surface area contributed by atoms with Crippen LogP contribution in [0.4, 0.5) is 10.1 Å². The molecule has 7 nitrogen and oxygen atoms in total. The van der Waals surface area contributed by atoms with Crippen molar-refractivity contribution in [2.24, 2.45) is 0 Å². The zero-order valence-corrected chi connectivity index (χ0v) is 18.0. The second kappa shape index (κ2) is 9.33. The van der Waals surface area contributed by atoms with Crippen molar-refractivity contribution in [2.45, 2.75) is 24.3 Å². The highest BCUT2D eigenvalue weighted by Crippen LogP contribution is 2.29. The van der Waals surface area contributed by atoms with Crippen molar-refractivity contribution < 1.29 is 22.3 Å². The lowest BCUT2D eigenvalue weighted by molar-refractivity contribution is 0.0730. The predicted octanol–water partition coefficient (Wildman–Crippen LogP) is 2.38. The third-order valence-corrected chi connectivity index (χ3v) is 7.53. The molecule has 2 aromatic rings. The number of sulfonamides is 1. The number of halogens is 1. The normalized spacial score (nSPS) is 17.6. The maximum absolute atomic E-state index is 13.1. The number of rotatable bonds is 6. The Hall–Kier alpha value is -2.49. The highest BCUT2D eigenvalue weighted by atomic mass is 32.2. The van der Waals surface area contributed by atoms with Crippen LogP contribution in [0.25, 0.3) is 0 Å². The summed E-state index contributed by atoms with van der Waals surface area (Å²) in [5.41, 5.74) is 1.82. The molecule has 1 amide bonds. The maximum atomic E-state index is 13.1. The molecule has 2 aliphatic heterocycles. The molecule has 1 N–H and O–H groups in total. The third kappa shape index (κ3) is 4.89. The number of nitrogens with zero attached hydrogens (tertiary/aromatic N) is 2. The number of ether oxygens (including phenoxy) is 1. The van der Waals surface area contributed by atoms with E-state index in [4.69, 9.17) is 4.74 Å². The van der Waals surface area contributed by atoms with Crippen LogP contribution in [-0.4, -0.2) is 58.0 Å². The van der Waals surface area contributed by atoms with Gasteiger partial charge in [-0.05, 0) is 48.7 Å². The Morgan fingerprint density at radius 3 is 2.35 bits per heavy atom. The van der Waals surface area contributed by atoms with E-state index in [0.717, 1.165) is 37.2 Å². The quantitative estimate of drug-likeness (QED) is 0.736. The fourth-order valence-electron chi connectivity index (χ4n) is 3.91. The van der Waals surface area contributed by atoms with Crippen molar-refractivity contribution in [1.29, 1.82) is 0 Å². The molecule has 2 aliphatic rings. The Labute approximate surface area is 181 Å². The van der Waals surface area contributed by atoms with Gasteiger partial charge in [0, 0.05) is 38.4 Å². The monoisotopic (exact) mass is 447 g/mol. The van der Waals surface area contributed by atoms with Crippen LogP contribution in [0.1, 0.15) is 28.8 Å². The van der Waals surface area contributed by atoms with Gasteiger partial charge < -0.3 is 15.0 Å². The Bertz CT molecular complexity index is 1030. The molecule has 0 saturated carbocycles. The summed E-state index contributed by atoms with van der Waals surface area (Å²) in [5.74, 6) is -0.697. The lowest BCUT2D eigenvalue weighted by Gasteiger charge is -2.27. The molecule has 2 heterocycles. The van der Waals surface area contributed by atoms with Crippen molar-refractivity contribution >= 4 is 21.6 Å². The summed E-state index contributed by atoms with van der Waals surface area (Å²) in [7, 11) is -3.72. The number of nitrogens with one attached hydrogen (secondary N) is 1. The van der Waals surface area contributed by atoms with E-state index >= 15 is 0 Å². The summed E-state index contributed by atoms with van der Waals surface area (Å²) in [6.07, 6.45) is 2.06. The summed E-state index contributed by atoms with van der Waals surface area (Å²) in [5, 5.41) is 2.84. The van der Waals surface area contributed by atoms with E-state index in [1.54, 1.807) is 24.3 Å². The average molecular weight is 448 g/mol. The molecule has 0 aromatic heterocycles. The highest BCUT2D eigenvalue weighted by molar-refractivity contribution is 7.89. The minimum absolute atomic E-state index is 0.101. The standard InChI is InChI=1S/C22H26FN3O4S/c23-18-5-3-17(4-6-18)16-24-22(27)20-15-19(7-8-21(20)25-9-1-2-10-25)31(28,29)26-11-13-30-14-12-26/h3-8,15H,1-2,9-14,16H2,(H,24,27). The summed E-state index contributed by atoms with van der Waals surface area (Å²) in [4.78, 5) is 15.3. The molecule has 166 valence electrons. The molecule has 0 spiro atoms. The summed E-state index contributed by atoms with van der Waals surface area (Å²) in [6, 6.07) is 10.7.